The molecule has 0 aromatic heterocycles. The summed E-state index contributed by atoms with van der Waals surface area (Å²) in [6.07, 6.45) is 1.84. The smallest absolute Gasteiger partial charge is 0.324 e. The van der Waals surface area contributed by atoms with Gasteiger partial charge in [0.2, 0.25) is 5.91 Å². The van der Waals surface area contributed by atoms with Gasteiger partial charge >= 0.3 is 12.0 Å². The lowest BCUT2D eigenvalue weighted by Crippen LogP contribution is -2.55. The van der Waals surface area contributed by atoms with Gasteiger partial charge in [0.15, 0.2) is 0 Å². The molecule has 2 aliphatic rings. The third kappa shape index (κ3) is 3.66. The molecule has 0 spiro atoms. The number of nitrogens with zero attached hydrogens (tertiary/aromatic N) is 2. The summed E-state index contributed by atoms with van der Waals surface area (Å²) in [7, 11) is 0. The molecule has 0 radical (unpaired) electrons. The van der Waals surface area contributed by atoms with Gasteiger partial charge in [-0.2, -0.15) is 0 Å². The minimum Gasteiger partial charge on any atom is -0.481 e. The first-order valence-corrected chi connectivity index (χ1v) is 6.61. The number of carbonyl (C=O) groups excluding carboxylic acids is 2. The van der Waals surface area contributed by atoms with Crippen molar-refractivity contribution in [2.75, 3.05) is 26.2 Å². The van der Waals surface area contributed by atoms with Crippen LogP contribution in [0.3, 0.4) is 0 Å². The molecule has 2 aliphatic heterocycles. The molecule has 2 N–H and O–H groups in total. The van der Waals surface area contributed by atoms with Crippen LogP contribution in [0.15, 0.2) is 0 Å². The molecule has 1 atom stereocenters. The van der Waals surface area contributed by atoms with E-state index in [0.717, 1.165) is 25.9 Å². The molecule has 2 fully saturated rings. The van der Waals surface area contributed by atoms with Crippen LogP contribution in [0.1, 0.15) is 25.7 Å². The van der Waals surface area contributed by atoms with E-state index in [-0.39, 0.29) is 12.8 Å². The van der Waals surface area contributed by atoms with E-state index in [1.165, 1.54) is 0 Å². The Morgan fingerprint density at radius 2 is 1.95 bits per heavy atom. The maximum atomic E-state index is 11.9. The third-order valence-electron chi connectivity index (χ3n) is 3.69. The van der Waals surface area contributed by atoms with Crippen molar-refractivity contribution < 1.29 is 19.5 Å². The van der Waals surface area contributed by atoms with Crippen LogP contribution in [0, 0.1) is 0 Å². The van der Waals surface area contributed by atoms with Gasteiger partial charge in [-0.1, -0.05) is 0 Å². The van der Waals surface area contributed by atoms with E-state index in [9.17, 15) is 14.4 Å². The minimum atomic E-state index is -1.04. The van der Waals surface area contributed by atoms with Crippen molar-refractivity contribution in [3.05, 3.63) is 0 Å². The van der Waals surface area contributed by atoms with Crippen LogP contribution < -0.4 is 5.32 Å². The monoisotopic (exact) mass is 269 g/mol. The zero-order valence-corrected chi connectivity index (χ0v) is 10.8. The number of urea groups is 1. The second kappa shape index (κ2) is 6.01. The van der Waals surface area contributed by atoms with E-state index >= 15 is 0 Å². The fourth-order valence-corrected chi connectivity index (χ4v) is 2.66. The second-order valence-electron chi connectivity index (χ2n) is 5.03. The molecule has 0 aromatic carbocycles. The summed E-state index contributed by atoms with van der Waals surface area (Å²) < 4.78 is 0. The highest BCUT2D eigenvalue weighted by Gasteiger charge is 2.32. The Morgan fingerprint density at radius 1 is 1.16 bits per heavy atom. The lowest BCUT2D eigenvalue weighted by atomic mass is 10.1. The first-order valence-electron chi connectivity index (χ1n) is 6.61. The Bertz CT molecular complexity index is 385. The zero-order chi connectivity index (χ0) is 13.8. The normalized spacial score (nSPS) is 22.9. The van der Waals surface area contributed by atoms with Gasteiger partial charge in [0, 0.05) is 32.1 Å². The number of hydrogen-bond donors (Lipinski definition) is 2. The molecule has 0 saturated carbocycles. The lowest BCUT2D eigenvalue weighted by molar-refractivity contribution is -0.138. The Hall–Kier alpha value is -1.63. The topological polar surface area (TPSA) is 89.9 Å². The van der Waals surface area contributed by atoms with E-state index in [4.69, 9.17) is 5.11 Å². The molecular formula is C12H19N3O4. The molecule has 2 saturated heterocycles. The molecule has 2 rings (SSSR count). The number of rotatable bonds is 3. The lowest BCUT2D eigenvalue weighted by Gasteiger charge is -2.37. The molecule has 106 valence electrons. The van der Waals surface area contributed by atoms with Crippen molar-refractivity contribution in [3.63, 3.8) is 0 Å². The highest BCUT2D eigenvalue weighted by atomic mass is 16.4. The number of carbonyl (C=O) groups is 3. The van der Waals surface area contributed by atoms with Gasteiger partial charge in [-0.3, -0.25) is 19.8 Å². The summed E-state index contributed by atoms with van der Waals surface area (Å²) in [6, 6.07) is 0.00978. The van der Waals surface area contributed by atoms with Gasteiger partial charge in [0.1, 0.15) is 0 Å². The Balaban J connectivity index is 1.77. The number of aliphatic carboxylic acids is 1. The van der Waals surface area contributed by atoms with Crippen LogP contribution in [0.25, 0.3) is 0 Å². The summed E-state index contributed by atoms with van der Waals surface area (Å²) in [5.41, 5.74) is 0. The van der Waals surface area contributed by atoms with Crippen LogP contribution in [-0.2, 0) is 9.59 Å². The van der Waals surface area contributed by atoms with Crippen molar-refractivity contribution in [1.29, 1.82) is 0 Å². The second-order valence-corrected chi connectivity index (χ2v) is 5.03. The Kier molecular flexibility index (Phi) is 4.36. The fourth-order valence-electron chi connectivity index (χ4n) is 2.66. The van der Waals surface area contributed by atoms with Gasteiger partial charge < -0.3 is 10.0 Å². The first-order chi connectivity index (χ1) is 9.06. The number of nitrogens with one attached hydrogen (secondary N) is 1. The highest BCUT2D eigenvalue weighted by Crippen LogP contribution is 2.21. The average Bonchev–Trinajstić information content (AvgIpc) is 2.83. The summed E-state index contributed by atoms with van der Waals surface area (Å²) in [4.78, 5) is 37.6. The van der Waals surface area contributed by atoms with Gasteiger partial charge in [0.25, 0.3) is 0 Å². The number of fused-ring (bicyclic) bond motifs is 1. The van der Waals surface area contributed by atoms with Gasteiger partial charge in [0.05, 0.1) is 6.42 Å². The van der Waals surface area contributed by atoms with E-state index in [2.05, 4.69) is 10.2 Å². The largest absolute Gasteiger partial charge is 0.481 e. The molecule has 1 unspecified atom stereocenters. The predicted molar refractivity (Wildman–Crippen MR) is 66.6 cm³/mol. The van der Waals surface area contributed by atoms with Crippen molar-refractivity contribution in [1.82, 2.24) is 15.1 Å². The number of amides is 3. The van der Waals surface area contributed by atoms with Crippen molar-refractivity contribution in [3.8, 4) is 0 Å². The molecule has 7 heteroatoms. The van der Waals surface area contributed by atoms with Gasteiger partial charge in [-0.05, 0) is 19.4 Å². The molecule has 19 heavy (non-hydrogen) atoms. The molecule has 0 bridgehead atoms. The Morgan fingerprint density at radius 3 is 2.68 bits per heavy atom. The SMILES string of the molecule is O=C(O)CCC(=O)NC(=O)N1CCN2CCCC2C1. The summed E-state index contributed by atoms with van der Waals surface area (Å²) >= 11 is 0. The number of hydrogen-bond acceptors (Lipinski definition) is 4. The van der Waals surface area contributed by atoms with Crippen LogP contribution >= 0.6 is 0 Å². The van der Waals surface area contributed by atoms with E-state index in [1.807, 2.05) is 0 Å². The summed E-state index contributed by atoms with van der Waals surface area (Å²) in [5.74, 6) is -1.57. The van der Waals surface area contributed by atoms with Crippen LogP contribution in [0.5, 0.6) is 0 Å². The first kappa shape index (κ1) is 13.8. The fraction of sp³-hybridized carbons (Fsp3) is 0.750. The van der Waals surface area contributed by atoms with E-state index < -0.39 is 17.9 Å². The van der Waals surface area contributed by atoms with Crippen molar-refractivity contribution in [2.24, 2.45) is 0 Å². The maximum absolute atomic E-state index is 11.9. The minimum absolute atomic E-state index is 0.162. The zero-order valence-electron chi connectivity index (χ0n) is 10.8. The van der Waals surface area contributed by atoms with Crippen molar-refractivity contribution in [2.45, 2.75) is 31.7 Å². The van der Waals surface area contributed by atoms with E-state index in [1.54, 1.807) is 4.90 Å². The molecule has 7 nitrogen and oxygen atoms in total. The molecule has 2 heterocycles. The summed E-state index contributed by atoms with van der Waals surface area (Å²) in [5, 5.41) is 10.7. The van der Waals surface area contributed by atoms with Gasteiger partial charge in [-0.15, -0.1) is 0 Å². The highest BCUT2D eigenvalue weighted by molar-refractivity contribution is 5.95. The molecule has 0 aromatic rings. The standard InChI is InChI=1S/C12H19N3O4/c16-10(3-4-11(17)18)13-12(19)15-7-6-14-5-1-2-9(14)8-15/h9H,1-8H2,(H,17,18)(H,13,16,19). The average molecular weight is 269 g/mol. The third-order valence-corrected chi connectivity index (χ3v) is 3.69. The molecular weight excluding hydrogens is 250 g/mol. The Labute approximate surface area is 111 Å². The number of piperazine rings is 1. The summed E-state index contributed by atoms with van der Waals surface area (Å²) in [6.45, 7) is 3.21. The van der Waals surface area contributed by atoms with Crippen LogP contribution in [0.4, 0.5) is 4.79 Å². The van der Waals surface area contributed by atoms with Crippen LogP contribution in [0.2, 0.25) is 0 Å². The number of carboxylic acids is 1. The maximum Gasteiger partial charge on any atom is 0.324 e. The number of imide groups is 1. The predicted octanol–water partition coefficient (Wildman–Crippen LogP) is -0.133. The number of carboxylic acid groups (broad SMARTS) is 1. The van der Waals surface area contributed by atoms with Crippen molar-refractivity contribution >= 4 is 17.9 Å². The molecule has 0 aliphatic carbocycles. The van der Waals surface area contributed by atoms with Crippen LogP contribution in [-0.4, -0.2) is 65.0 Å². The van der Waals surface area contributed by atoms with E-state index in [0.29, 0.717) is 19.1 Å². The molecule has 3 amide bonds. The van der Waals surface area contributed by atoms with Gasteiger partial charge in [-0.25, -0.2) is 4.79 Å². The quantitative estimate of drug-likeness (QED) is 0.744.